The Morgan fingerprint density at radius 1 is 0.800 bits per heavy atom. The van der Waals surface area contributed by atoms with Gasteiger partial charge in [-0.05, 0) is 0 Å². The third-order valence-corrected chi connectivity index (χ3v) is 5.42. The number of nitrogen functional groups attached to an aromatic ring is 2. The molecule has 6 aromatic rings. The van der Waals surface area contributed by atoms with Crippen molar-refractivity contribution in [1.82, 2.24) is 28.7 Å². The number of benzene rings is 2. The molecule has 0 radical (unpaired) electrons. The van der Waals surface area contributed by atoms with Crippen LogP contribution < -0.4 is 21.8 Å². The van der Waals surface area contributed by atoms with Gasteiger partial charge in [0.2, 0.25) is 11.3 Å². The summed E-state index contributed by atoms with van der Waals surface area (Å²) in [4.78, 5) is 27.0. The van der Waals surface area contributed by atoms with Gasteiger partial charge in [0.05, 0.1) is 7.11 Å². The lowest BCUT2D eigenvalue weighted by atomic mass is 10.1. The van der Waals surface area contributed by atoms with E-state index < -0.39 is 0 Å². The van der Waals surface area contributed by atoms with Gasteiger partial charge in [0.25, 0.3) is 11.4 Å². The molecule has 4 heterocycles. The number of hydrogen-bond acceptors (Lipinski definition) is 7. The lowest BCUT2D eigenvalue weighted by Gasteiger charge is -2.00. The van der Waals surface area contributed by atoms with Gasteiger partial charge in [-0.15, -0.1) is 0 Å². The highest BCUT2D eigenvalue weighted by Gasteiger charge is 2.15. The number of nitrogens with one attached hydrogen (secondary N) is 1. The smallest absolute Gasteiger partial charge is 0.291 e. The molecule has 0 unspecified atom stereocenters. The van der Waals surface area contributed by atoms with Crippen molar-refractivity contribution in [2.24, 2.45) is 0 Å². The molecule has 35 heavy (non-hydrogen) atoms. The van der Waals surface area contributed by atoms with E-state index in [0.717, 1.165) is 16.8 Å². The van der Waals surface area contributed by atoms with Gasteiger partial charge >= 0.3 is 0 Å². The second-order valence-electron chi connectivity index (χ2n) is 7.54. The molecule has 0 amide bonds. The summed E-state index contributed by atoms with van der Waals surface area (Å²) in [5.74, 6) is 1.51. The highest BCUT2D eigenvalue weighted by atomic mass is 16.5. The van der Waals surface area contributed by atoms with E-state index in [1.54, 1.807) is 40.7 Å². The summed E-state index contributed by atoms with van der Waals surface area (Å²) in [6.07, 6.45) is 6.64. The number of anilines is 2. The maximum Gasteiger partial charge on any atom is 0.291 e. The van der Waals surface area contributed by atoms with Crippen LogP contribution in [0.2, 0.25) is 0 Å². The van der Waals surface area contributed by atoms with Gasteiger partial charge in [-0.2, -0.15) is 0 Å². The van der Waals surface area contributed by atoms with Gasteiger partial charge in [0, 0.05) is 35.9 Å². The molecule has 0 atom stereocenters. The molecule has 5 N–H and O–H groups in total. The molecular formula is C25H22N8O2. The Labute approximate surface area is 199 Å². The van der Waals surface area contributed by atoms with Gasteiger partial charge in [-0.25, -0.2) is 15.0 Å². The van der Waals surface area contributed by atoms with Gasteiger partial charge in [0.1, 0.15) is 23.0 Å². The Hall–Kier alpha value is -5.12. The monoisotopic (exact) mass is 466 g/mol. The van der Waals surface area contributed by atoms with Gasteiger partial charge < -0.3 is 21.2 Å². The van der Waals surface area contributed by atoms with E-state index in [2.05, 4.69) is 19.9 Å². The summed E-state index contributed by atoms with van der Waals surface area (Å²) in [6, 6.07) is 19.4. The zero-order valence-electron chi connectivity index (χ0n) is 18.8. The van der Waals surface area contributed by atoms with Crippen LogP contribution in [0.15, 0.2) is 90.2 Å². The number of methoxy groups -OCH3 is 1. The molecule has 6 rings (SSSR count). The van der Waals surface area contributed by atoms with E-state index in [4.69, 9.17) is 16.2 Å². The average molecular weight is 467 g/mol. The van der Waals surface area contributed by atoms with Gasteiger partial charge in [0.15, 0.2) is 0 Å². The first kappa shape index (κ1) is 21.7. The van der Waals surface area contributed by atoms with Crippen LogP contribution in [-0.4, -0.2) is 35.8 Å². The Balaban J connectivity index is 0.000000145. The fourth-order valence-corrected chi connectivity index (χ4v) is 3.74. The van der Waals surface area contributed by atoms with Crippen LogP contribution in [0.25, 0.3) is 33.8 Å². The van der Waals surface area contributed by atoms with Crippen LogP contribution in [0, 0.1) is 0 Å². The first-order chi connectivity index (χ1) is 17.1. The average Bonchev–Trinajstić information content (AvgIpc) is 3.43. The minimum absolute atomic E-state index is 0.249. The number of fused-ring (bicyclic) bond motifs is 2. The van der Waals surface area contributed by atoms with Crippen LogP contribution in [0.3, 0.4) is 0 Å². The number of H-pyrrole nitrogens is 1. The number of rotatable bonds is 3. The molecule has 4 aromatic heterocycles. The van der Waals surface area contributed by atoms with Crippen molar-refractivity contribution in [3.8, 4) is 28.4 Å². The molecular weight excluding hydrogens is 444 g/mol. The number of aromatic amines is 1. The standard InChI is InChI=1S/C13H12N4O.C12H10N4O/c1-18-13-12-16-10(9-5-3-2-4-6-9)11(14)17(12)8-7-15-13;13-10-9(8-4-2-1-3-5-8)15-11-12(17)14-6-7-16(10)11/h2-8H,14H2,1H3;1-7H,13H2,(H,14,17). The molecule has 0 aliphatic rings. The summed E-state index contributed by atoms with van der Waals surface area (Å²) >= 11 is 0. The predicted octanol–water partition coefficient (Wildman–Crippen LogP) is 3.26. The van der Waals surface area contributed by atoms with Crippen LogP contribution >= 0.6 is 0 Å². The molecule has 0 saturated heterocycles. The molecule has 0 spiro atoms. The van der Waals surface area contributed by atoms with E-state index in [9.17, 15) is 4.79 Å². The maximum atomic E-state index is 11.6. The molecule has 174 valence electrons. The van der Waals surface area contributed by atoms with E-state index in [0.29, 0.717) is 34.5 Å². The summed E-state index contributed by atoms with van der Waals surface area (Å²) in [7, 11) is 1.56. The minimum Gasteiger partial charge on any atom is -0.478 e. The summed E-state index contributed by atoms with van der Waals surface area (Å²) < 4.78 is 8.54. The Bertz CT molecular complexity index is 1670. The fraction of sp³-hybridized carbons (Fsp3) is 0.0400. The first-order valence-electron chi connectivity index (χ1n) is 10.7. The lowest BCUT2D eigenvalue weighted by Crippen LogP contribution is -2.09. The van der Waals surface area contributed by atoms with Crippen molar-refractivity contribution < 1.29 is 4.74 Å². The molecule has 10 nitrogen and oxygen atoms in total. The Morgan fingerprint density at radius 3 is 1.89 bits per heavy atom. The fourth-order valence-electron chi connectivity index (χ4n) is 3.74. The maximum absolute atomic E-state index is 11.6. The highest BCUT2D eigenvalue weighted by Crippen LogP contribution is 2.28. The summed E-state index contributed by atoms with van der Waals surface area (Å²) in [6.45, 7) is 0. The summed E-state index contributed by atoms with van der Waals surface area (Å²) in [5, 5.41) is 0. The number of hydrogen-bond donors (Lipinski definition) is 3. The Morgan fingerprint density at radius 2 is 1.34 bits per heavy atom. The molecule has 0 bridgehead atoms. The van der Waals surface area contributed by atoms with E-state index in [1.165, 1.54) is 0 Å². The third-order valence-electron chi connectivity index (χ3n) is 5.42. The molecule has 0 fully saturated rings. The van der Waals surface area contributed by atoms with Crippen molar-refractivity contribution in [2.45, 2.75) is 0 Å². The van der Waals surface area contributed by atoms with Crippen LogP contribution in [-0.2, 0) is 0 Å². The lowest BCUT2D eigenvalue weighted by molar-refractivity contribution is 0.400. The van der Waals surface area contributed by atoms with Crippen molar-refractivity contribution in [2.75, 3.05) is 18.6 Å². The number of nitrogens with two attached hydrogens (primary N) is 2. The minimum atomic E-state index is -0.249. The Kier molecular flexibility index (Phi) is 5.60. The zero-order chi connectivity index (χ0) is 24.4. The van der Waals surface area contributed by atoms with Crippen molar-refractivity contribution in [3.63, 3.8) is 0 Å². The normalized spacial score (nSPS) is 10.8. The SMILES string of the molecule is COc1nccn2c(N)c(-c3ccccc3)nc12.Nc1c(-c2ccccc2)nc2c(=O)[nH]ccn12. The molecule has 0 aliphatic carbocycles. The zero-order valence-corrected chi connectivity index (χ0v) is 18.8. The van der Waals surface area contributed by atoms with Crippen molar-refractivity contribution >= 4 is 22.9 Å². The van der Waals surface area contributed by atoms with Crippen LogP contribution in [0.4, 0.5) is 11.6 Å². The van der Waals surface area contributed by atoms with Gasteiger partial charge in [-0.3, -0.25) is 13.6 Å². The van der Waals surface area contributed by atoms with E-state index >= 15 is 0 Å². The van der Waals surface area contributed by atoms with Crippen LogP contribution in [0.1, 0.15) is 0 Å². The predicted molar refractivity (Wildman–Crippen MR) is 135 cm³/mol. The number of aromatic nitrogens is 6. The second kappa shape index (κ2) is 9.02. The highest BCUT2D eigenvalue weighted by molar-refractivity contribution is 5.76. The van der Waals surface area contributed by atoms with E-state index in [1.807, 2.05) is 60.7 Å². The second-order valence-corrected chi connectivity index (χ2v) is 7.54. The quantitative estimate of drug-likeness (QED) is 0.363. The van der Waals surface area contributed by atoms with E-state index in [-0.39, 0.29) is 5.56 Å². The van der Waals surface area contributed by atoms with Crippen LogP contribution in [0.5, 0.6) is 5.88 Å². The molecule has 0 aliphatic heterocycles. The molecule has 0 saturated carbocycles. The third kappa shape index (κ3) is 3.93. The molecule has 10 heteroatoms. The van der Waals surface area contributed by atoms with Crippen molar-refractivity contribution in [3.05, 3.63) is 95.8 Å². The van der Waals surface area contributed by atoms with Crippen molar-refractivity contribution in [1.29, 1.82) is 0 Å². The first-order valence-corrected chi connectivity index (χ1v) is 10.7. The number of nitrogens with zero attached hydrogens (tertiary/aromatic N) is 5. The number of ether oxygens (including phenoxy) is 1. The van der Waals surface area contributed by atoms with Gasteiger partial charge in [-0.1, -0.05) is 60.7 Å². The number of imidazole rings is 2. The summed E-state index contributed by atoms with van der Waals surface area (Å²) in [5.41, 5.74) is 16.0. The topological polar surface area (TPSA) is 142 Å². The molecule has 2 aromatic carbocycles. The largest absolute Gasteiger partial charge is 0.478 e.